The van der Waals surface area contributed by atoms with Crippen molar-refractivity contribution < 1.29 is 28.9 Å². The van der Waals surface area contributed by atoms with E-state index in [4.69, 9.17) is 24.2 Å². The summed E-state index contributed by atoms with van der Waals surface area (Å²) in [5, 5.41) is 0. The zero-order chi connectivity index (χ0) is 15.5. The minimum absolute atomic E-state index is 0.00572. The summed E-state index contributed by atoms with van der Waals surface area (Å²) in [6.07, 6.45) is 0. The number of carbonyl (C=O) groups excluding carboxylic acids is 1. The summed E-state index contributed by atoms with van der Waals surface area (Å²) < 4.78 is 10.6. The summed E-state index contributed by atoms with van der Waals surface area (Å²) in [4.78, 5) is 38.2. The van der Waals surface area contributed by atoms with Crippen LogP contribution >= 0.6 is 7.94 Å². The maximum atomic E-state index is 11.5. The Morgan fingerprint density at radius 2 is 1.57 bits per heavy atom. The normalized spacial score (nSPS) is 11.0. The van der Waals surface area contributed by atoms with Gasteiger partial charge in [-0.2, -0.15) is 14.7 Å². The van der Waals surface area contributed by atoms with E-state index in [0.717, 1.165) is 0 Å². The summed E-state index contributed by atoms with van der Waals surface area (Å²) in [5.41, 5.74) is -1.11. The molecule has 0 saturated carbocycles. The van der Waals surface area contributed by atoms with Gasteiger partial charge in [-0.15, -0.1) is 0 Å². The van der Waals surface area contributed by atoms with E-state index < -0.39 is 13.5 Å². The van der Waals surface area contributed by atoms with Gasteiger partial charge in [-0.05, 0) is 36.4 Å². The first-order chi connectivity index (χ1) is 9.90. The number of hydrogen-bond donors (Lipinski definition) is 3. The van der Waals surface area contributed by atoms with Gasteiger partial charge >= 0.3 is 13.5 Å². The Hall–Kier alpha value is -1.98. The van der Waals surface area contributed by atoms with Gasteiger partial charge in [0.1, 0.15) is 17.2 Å². The number of benzene rings is 2. The van der Waals surface area contributed by atoms with Gasteiger partial charge in [-0.1, -0.05) is 6.07 Å². The first-order valence-corrected chi connectivity index (χ1v) is 7.59. The molecule has 0 spiro atoms. The molecule has 0 unspecified atom stereocenters. The Morgan fingerprint density at radius 3 is 2.14 bits per heavy atom. The lowest BCUT2D eigenvalue weighted by atomic mass is 10.2. The van der Waals surface area contributed by atoms with Crippen LogP contribution in [0.15, 0.2) is 48.5 Å². The van der Waals surface area contributed by atoms with Crippen LogP contribution in [0.3, 0.4) is 0 Å². The summed E-state index contributed by atoms with van der Waals surface area (Å²) in [6.45, 7) is 0. The van der Waals surface area contributed by atoms with Crippen molar-refractivity contribution in [2.75, 3.05) is 7.11 Å². The zero-order valence-corrected chi connectivity index (χ0v) is 12.0. The molecule has 6 nitrogen and oxygen atoms in total. The molecule has 0 bridgehead atoms. The quantitative estimate of drug-likeness (QED) is 0.734. The molecule has 2 rings (SSSR count). The predicted octanol–water partition coefficient (Wildman–Crippen LogP) is 2.37. The van der Waals surface area contributed by atoms with E-state index in [-0.39, 0.29) is 5.56 Å². The van der Waals surface area contributed by atoms with Gasteiger partial charge in [0, 0.05) is 6.07 Å². The number of rotatable bonds is 5. The fourth-order valence-electron chi connectivity index (χ4n) is 1.64. The second kappa shape index (κ2) is 6.20. The highest BCUT2D eigenvalue weighted by Crippen LogP contribution is 2.48. The molecule has 2 aromatic rings. The number of hydrogen-bond acceptors (Lipinski definition) is 6. The van der Waals surface area contributed by atoms with Crippen LogP contribution in [0, 0.1) is 0 Å². The smallest absolute Gasteiger partial charge is 0.483 e. The van der Waals surface area contributed by atoms with Crippen molar-refractivity contribution in [3.05, 3.63) is 54.1 Å². The molecule has 0 heterocycles. The summed E-state index contributed by atoms with van der Waals surface area (Å²) in [7, 11) is -2.97. The highest BCUT2D eigenvalue weighted by Gasteiger charge is 2.43. The van der Waals surface area contributed by atoms with Gasteiger partial charge < -0.3 is 9.47 Å². The van der Waals surface area contributed by atoms with Crippen LogP contribution in [0.2, 0.25) is 0 Å². The molecule has 110 valence electrons. The predicted molar refractivity (Wildman–Crippen MR) is 77.4 cm³/mol. The molecule has 0 fully saturated rings. The highest BCUT2D eigenvalue weighted by molar-refractivity contribution is 7.76. The number of methoxy groups -OCH3 is 1. The van der Waals surface area contributed by atoms with Crippen LogP contribution in [0.4, 0.5) is 0 Å². The van der Waals surface area contributed by atoms with E-state index in [1.165, 1.54) is 24.3 Å². The van der Waals surface area contributed by atoms with Gasteiger partial charge in [-0.3, -0.25) is 0 Å². The van der Waals surface area contributed by atoms with E-state index in [0.29, 0.717) is 17.2 Å². The molecule has 21 heavy (non-hydrogen) atoms. The third-order valence-electron chi connectivity index (χ3n) is 2.65. The zero-order valence-electron chi connectivity index (χ0n) is 11.1. The second-order valence-corrected chi connectivity index (χ2v) is 5.72. The molecular weight excluding hydrogens is 295 g/mol. The number of carbonyl (C=O) groups is 1. The molecule has 3 N–H and O–H groups in total. The van der Waals surface area contributed by atoms with Crippen molar-refractivity contribution in [3.8, 4) is 17.2 Å². The van der Waals surface area contributed by atoms with Crippen molar-refractivity contribution in [2.24, 2.45) is 0 Å². The van der Waals surface area contributed by atoms with E-state index in [2.05, 4.69) is 0 Å². The van der Waals surface area contributed by atoms with Crippen LogP contribution in [0.1, 0.15) is 10.4 Å². The molecule has 0 aromatic heterocycles. The second-order valence-electron chi connectivity index (χ2n) is 4.18. The van der Waals surface area contributed by atoms with E-state index in [9.17, 15) is 4.79 Å². The summed E-state index contributed by atoms with van der Waals surface area (Å²) in [6, 6.07) is 12.7. The van der Waals surface area contributed by atoms with Crippen molar-refractivity contribution in [2.45, 2.75) is 0 Å². The van der Waals surface area contributed by atoms with Gasteiger partial charge in [-0.25, -0.2) is 4.79 Å². The molecule has 0 aliphatic heterocycles. The van der Waals surface area contributed by atoms with E-state index >= 15 is 0 Å². The SMILES string of the molecule is COc1cccc(Oc2ccc(C(=O)[P+](O)(O)O)cc2)c1. The van der Waals surface area contributed by atoms with Crippen molar-refractivity contribution in [1.82, 2.24) is 0 Å². The summed E-state index contributed by atoms with van der Waals surface area (Å²) >= 11 is 0. The summed E-state index contributed by atoms with van der Waals surface area (Å²) in [5.74, 6) is 1.66. The third kappa shape index (κ3) is 4.00. The van der Waals surface area contributed by atoms with Gasteiger partial charge in [0.05, 0.1) is 12.7 Å². The van der Waals surface area contributed by atoms with Crippen LogP contribution in [0.25, 0.3) is 0 Å². The molecule has 7 heteroatoms. The number of ether oxygens (including phenoxy) is 2. The van der Waals surface area contributed by atoms with Gasteiger partial charge in [0.2, 0.25) is 0 Å². The maximum Gasteiger partial charge on any atom is 0.483 e. The van der Waals surface area contributed by atoms with Gasteiger partial charge in [0.15, 0.2) is 0 Å². The average molecular weight is 309 g/mol. The monoisotopic (exact) mass is 309 g/mol. The maximum absolute atomic E-state index is 11.5. The van der Waals surface area contributed by atoms with Crippen molar-refractivity contribution >= 4 is 13.5 Å². The largest absolute Gasteiger partial charge is 0.497 e. The Balaban J connectivity index is 2.14. The van der Waals surface area contributed by atoms with E-state index in [1.807, 2.05) is 0 Å². The molecule has 0 saturated heterocycles. The average Bonchev–Trinajstić information content (AvgIpc) is 2.46. The molecular formula is C14H14O6P+. The van der Waals surface area contributed by atoms with Crippen LogP contribution in [0.5, 0.6) is 17.2 Å². The van der Waals surface area contributed by atoms with Crippen LogP contribution < -0.4 is 9.47 Å². The lowest BCUT2D eigenvalue weighted by Gasteiger charge is -2.08. The standard InChI is InChI=1S/C14H14O6P/c1-19-12-3-2-4-13(9-12)20-11-7-5-10(6-8-11)14(15)21(16,17)18/h2-9,16-18H,1H3/q+1. The minimum atomic E-state index is -4.52. The molecule has 0 radical (unpaired) electrons. The first kappa shape index (κ1) is 15.4. The topological polar surface area (TPSA) is 96.2 Å². The Bertz CT molecular complexity index is 633. The Morgan fingerprint density at radius 1 is 0.952 bits per heavy atom. The Labute approximate surface area is 121 Å². The molecule has 0 aliphatic carbocycles. The van der Waals surface area contributed by atoms with Crippen LogP contribution in [-0.2, 0) is 0 Å². The lowest BCUT2D eigenvalue weighted by Crippen LogP contribution is -2.05. The molecule has 2 aromatic carbocycles. The highest BCUT2D eigenvalue weighted by atomic mass is 31.2. The van der Waals surface area contributed by atoms with Crippen molar-refractivity contribution in [1.29, 1.82) is 0 Å². The van der Waals surface area contributed by atoms with E-state index in [1.54, 1.807) is 31.4 Å². The first-order valence-electron chi connectivity index (χ1n) is 5.94. The minimum Gasteiger partial charge on any atom is -0.497 e. The lowest BCUT2D eigenvalue weighted by molar-refractivity contribution is 0.102. The fraction of sp³-hybridized carbons (Fsp3) is 0.0714. The molecule has 0 amide bonds. The van der Waals surface area contributed by atoms with Crippen molar-refractivity contribution in [3.63, 3.8) is 0 Å². The molecule has 0 atom stereocenters. The Kier molecular flexibility index (Phi) is 4.55. The fourth-order valence-corrected chi connectivity index (χ4v) is 2.14. The van der Waals surface area contributed by atoms with Gasteiger partial charge in [0.25, 0.3) is 0 Å². The third-order valence-corrected chi connectivity index (χ3v) is 3.45. The molecule has 0 aliphatic rings. The van der Waals surface area contributed by atoms with Crippen LogP contribution in [-0.4, -0.2) is 27.3 Å².